The molecule has 0 aliphatic carbocycles. The number of hydrogen-bond donors (Lipinski definition) is 0. The Morgan fingerprint density at radius 2 is 1.86 bits per heavy atom. The second-order valence-electron chi connectivity index (χ2n) is 5.20. The largest absolute Gasteiger partial charge is 0.381 e. The molecule has 2 aromatic rings. The third kappa shape index (κ3) is 3.00. The summed E-state index contributed by atoms with van der Waals surface area (Å²) >= 11 is 0. The van der Waals surface area contributed by atoms with Gasteiger partial charge in [0.2, 0.25) is 0 Å². The minimum atomic E-state index is 0.354. The number of piperidine rings is 1. The highest BCUT2D eigenvalue weighted by atomic mass is 16.5. The topological polar surface area (TPSA) is 64.0 Å². The van der Waals surface area contributed by atoms with E-state index < -0.39 is 0 Å². The lowest BCUT2D eigenvalue weighted by Crippen LogP contribution is -2.37. The second-order valence-corrected chi connectivity index (χ2v) is 5.20. The van der Waals surface area contributed by atoms with Crippen molar-refractivity contribution in [3.63, 3.8) is 0 Å². The molecular weight excluding hydrogens is 266 g/mol. The molecule has 2 aromatic heterocycles. The van der Waals surface area contributed by atoms with Crippen LogP contribution in [0.3, 0.4) is 0 Å². The lowest BCUT2D eigenvalue weighted by atomic mass is 10.1. The number of methoxy groups -OCH3 is 1. The van der Waals surface area contributed by atoms with Crippen LogP contribution in [0.25, 0.3) is 11.1 Å². The maximum absolute atomic E-state index is 5.43. The average Bonchev–Trinajstić information content (AvgIpc) is 2.56. The molecule has 1 aliphatic rings. The van der Waals surface area contributed by atoms with E-state index in [1.165, 1.54) is 6.33 Å². The third-order valence-corrected chi connectivity index (χ3v) is 3.84. The number of ether oxygens (including phenoxy) is 1. The van der Waals surface area contributed by atoms with Crippen LogP contribution in [0.15, 0.2) is 24.9 Å². The molecule has 0 aromatic carbocycles. The number of rotatable bonds is 3. The van der Waals surface area contributed by atoms with E-state index in [1.807, 2.05) is 13.1 Å². The fraction of sp³-hybridized carbons (Fsp3) is 0.467. The molecule has 3 heterocycles. The molecule has 1 saturated heterocycles. The molecule has 110 valence electrons. The van der Waals surface area contributed by atoms with Crippen LogP contribution in [-0.2, 0) is 4.74 Å². The molecular formula is C15H19N5O. The van der Waals surface area contributed by atoms with E-state index >= 15 is 0 Å². The average molecular weight is 285 g/mol. The van der Waals surface area contributed by atoms with Crippen LogP contribution < -0.4 is 4.90 Å². The van der Waals surface area contributed by atoms with Crippen LogP contribution in [0.1, 0.15) is 18.7 Å². The highest BCUT2D eigenvalue weighted by Crippen LogP contribution is 2.29. The Morgan fingerprint density at radius 1 is 1.14 bits per heavy atom. The Hall–Kier alpha value is -2.08. The molecule has 0 N–H and O–H groups in total. The first-order valence-electron chi connectivity index (χ1n) is 7.14. The van der Waals surface area contributed by atoms with Gasteiger partial charge in [0.1, 0.15) is 18.0 Å². The summed E-state index contributed by atoms with van der Waals surface area (Å²) in [5.41, 5.74) is 1.93. The number of nitrogens with zero attached hydrogens (tertiary/aromatic N) is 5. The Bertz CT molecular complexity index is 596. The number of hydrogen-bond acceptors (Lipinski definition) is 6. The summed E-state index contributed by atoms with van der Waals surface area (Å²) in [5, 5.41) is 0. The Kier molecular flexibility index (Phi) is 4.06. The minimum Gasteiger partial charge on any atom is -0.381 e. The first-order valence-corrected chi connectivity index (χ1v) is 7.14. The van der Waals surface area contributed by atoms with Crippen LogP contribution in [0.5, 0.6) is 0 Å². The van der Waals surface area contributed by atoms with Crippen LogP contribution >= 0.6 is 0 Å². The fourth-order valence-corrected chi connectivity index (χ4v) is 2.64. The molecule has 1 aliphatic heterocycles. The van der Waals surface area contributed by atoms with Gasteiger partial charge in [-0.05, 0) is 19.8 Å². The first kappa shape index (κ1) is 13.9. The Morgan fingerprint density at radius 3 is 2.52 bits per heavy atom. The maximum Gasteiger partial charge on any atom is 0.140 e. The van der Waals surface area contributed by atoms with Crippen molar-refractivity contribution in [2.75, 3.05) is 25.1 Å². The van der Waals surface area contributed by atoms with Gasteiger partial charge in [0.25, 0.3) is 0 Å². The highest BCUT2D eigenvalue weighted by Gasteiger charge is 2.22. The molecule has 0 unspecified atom stereocenters. The number of anilines is 1. The van der Waals surface area contributed by atoms with Gasteiger partial charge in [0.05, 0.1) is 6.10 Å². The van der Waals surface area contributed by atoms with Crippen molar-refractivity contribution in [2.45, 2.75) is 25.9 Å². The van der Waals surface area contributed by atoms with Gasteiger partial charge in [0.15, 0.2) is 0 Å². The molecule has 0 spiro atoms. The van der Waals surface area contributed by atoms with Crippen molar-refractivity contribution in [2.24, 2.45) is 0 Å². The van der Waals surface area contributed by atoms with Gasteiger partial charge in [-0.1, -0.05) is 0 Å². The normalized spacial score (nSPS) is 16.2. The van der Waals surface area contributed by atoms with E-state index in [0.29, 0.717) is 6.10 Å². The zero-order valence-corrected chi connectivity index (χ0v) is 12.4. The monoisotopic (exact) mass is 285 g/mol. The van der Waals surface area contributed by atoms with Crippen molar-refractivity contribution in [1.82, 2.24) is 19.9 Å². The van der Waals surface area contributed by atoms with Crippen molar-refractivity contribution >= 4 is 5.82 Å². The van der Waals surface area contributed by atoms with E-state index in [2.05, 4.69) is 24.8 Å². The predicted octanol–water partition coefficient (Wildman–Crippen LogP) is 1.86. The zero-order valence-electron chi connectivity index (χ0n) is 12.4. The Balaban J connectivity index is 1.93. The Labute approximate surface area is 124 Å². The molecule has 0 atom stereocenters. The van der Waals surface area contributed by atoms with Crippen molar-refractivity contribution in [1.29, 1.82) is 0 Å². The molecule has 0 amide bonds. The molecule has 3 rings (SSSR count). The summed E-state index contributed by atoms with van der Waals surface area (Å²) in [4.78, 5) is 19.4. The summed E-state index contributed by atoms with van der Waals surface area (Å²) in [7, 11) is 1.78. The van der Waals surface area contributed by atoms with Crippen LogP contribution in [0, 0.1) is 6.92 Å². The molecule has 21 heavy (non-hydrogen) atoms. The van der Waals surface area contributed by atoms with Crippen LogP contribution in [0.2, 0.25) is 0 Å². The quantitative estimate of drug-likeness (QED) is 0.857. The molecule has 0 bridgehead atoms. The predicted molar refractivity (Wildman–Crippen MR) is 80.0 cm³/mol. The summed E-state index contributed by atoms with van der Waals surface area (Å²) in [6, 6.07) is 0. The number of aromatic nitrogens is 4. The van der Waals surface area contributed by atoms with E-state index in [9.17, 15) is 0 Å². The summed E-state index contributed by atoms with van der Waals surface area (Å²) < 4.78 is 5.43. The van der Waals surface area contributed by atoms with Gasteiger partial charge in [-0.3, -0.25) is 0 Å². The van der Waals surface area contributed by atoms with E-state index in [0.717, 1.165) is 48.7 Å². The molecule has 6 nitrogen and oxygen atoms in total. The minimum absolute atomic E-state index is 0.354. The summed E-state index contributed by atoms with van der Waals surface area (Å²) in [6.07, 6.45) is 9.38. The maximum atomic E-state index is 5.43. The van der Waals surface area contributed by atoms with Crippen molar-refractivity contribution in [3.8, 4) is 11.1 Å². The second kappa shape index (κ2) is 6.13. The SMILES string of the molecule is COC1CCN(c2nc(C)ncc2-c2cncnc2)CC1. The summed E-state index contributed by atoms with van der Waals surface area (Å²) in [6.45, 7) is 3.79. The van der Waals surface area contributed by atoms with Gasteiger partial charge < -0.3 is 9.64 Å². The zero-order chi connectivity index (χ0) is 14.7. The molecule has 0 saturated carbocycles. The lowest BCUT2D eigenvalue weighted by molar-refractivity contribution is 0.0818. The molecule has 0 radical (unpaired) electrons. The summed E-state index contributed by atoms with van der Waals surface area (Å²) in [5.74, 6) is 1.74. The highest BCUT2D eigenvalue weighted by molar-refractivity contribution is 5.74. The standard InChI is InChI=1S/C15H19N5O/c1-11-18-9-14(12-7-16-10-17-8-12)15(19-11)20-5-3-13(21-2)4-6-20/h7-10,13H,3-6H2,1-2H3. The van der Waals surface area contributed by atoms with E-state index in [-0.39, 0.29) is 0 Å². The van der Waals surface area contributed by atoms with Gasteiger partial charge in [-0.15, -0.1) is 0 Å². The van der Waals surface area contributed by atoms with Gasteiger partial charge >= 0.3 is 0 Å². The van der Waals surface area contributed by atoms with E-state index in [4.69, 9.17) is 4.74 Å². The van der Waals surface area contributed by atoms with Crippen LogP contribution in [0.4, 0.5) is 5.82 Å². The van der Waals surface area contributed by atoms with Gasteiger partial charge in [-0.2, -0.15) is 0 Å². The fourth-order valence-electron chi connectivity index (χ4n) is 2.64. The van der Waals surface area contributed by atoms with Gasteiger partial charge in [0, 0.05) is 49.9 Å². The van der Waals surface area contributed by atoms with Crippen molar-refractivity contribution in [3.05, 3.63) is 30.7 Å². The third-order valence-electron chi connectivity index (χ3n) is 3.84. The van der Waals surface area contributed by atoms with E-state index in [1.54, 1.807) is 19.5 Å². The van der Waals surface area contributed by atoms with Gasteiger partial charge in [-0.25, -0.2) is 19.9 Å². The molecule has 1 fully saturated rings. The molecule has 6 heteroatoms. The van der Waals surface area contributed by atoms with Crippen LogP contribution in [-0.4, -0.2) is 46.2 Å². The number of aryl methyl sites for hydroxylation is 1. The first-order chi connectivity index (χ1) is 10.3. The lowest BCUT2D eigenvalue weighted by Gasteiger charge is -2.33. The van der Waals surface area contributed by atoms with Crippen molar-refractivity contribution < 1.29 is 4.74 Å². The smallest absolute Gasteiger partial charge is 0.140 e.